The second kappa shape index (κ2) is 17.4. The number of rotatable bonds is 11. The van der Waals surface area contributed by atoms with Gasteiger partial charge in [0.05, 0.1) is 33.5 Å². The summed E-state index contributed by atoms with van der Waals surface area (Å²) in [5.41, 5.74) is 2.53. The number of benzene rings is 3. The highest BCUT2D eigenvalue weighted by Gasteiger charge is 2.54. The van der Waals surface area contributed by atoms with E-state index >= 15 is 4.79 Å². The lowest BCUT2D eigenvalue weighted by Crippen LogP contribution is -2.59. The maximum Gasteiger partial charge on any atom is 0.329 e. The summed E-state index contributed by atoms with van der Waals surface area (Å²) < 4.78 is 30.3. The monoisotopic (exact) mass is 891 g/mol. The fourth-order valence-corrected chi connectivity index (χ4v) is 11.4. The van der Waals surface area contributed by atoms with E-state index in [2.05, 4.69) is 5.32 Å². The van der Waals surface area contributed by atoms with Gasteiger partial charge in [-0.25, -0.2) is 13.2 Å². The van der Waals surface area contributed by atoms with Crippen LogP contribution in [0.15, 0.2) is 71.5 Å². The number of carbonyl (C=O) groups excluding carboxylic acids is 4. The van der Waals surface area contributed by atoms with E-state index < -0.39 is 44.5 Å². The summed E-state index contributed by atoms with van der Waals surface area (Å²) in [5, 5.41) is 2.78. The minimum Gasteiger partial charge on any atom is -0.343 e. The Bertz CT molecular complexity index is 2530. The number of hydrogen-bond acceptors (Lipinski definition) is 7. The van der Waals surface area contributed by atoms with Crippen LogP contribution in [0.1, 0.15) is 114 Å². The standard InChI is InChI=1S/C46H55Cl2N5O7S/c1-27(2)39(26-61(59,60)28(3)4)53-42(30-10-13-33(47)14-11-30)35(32-8-7-9-34(48)22-32)24-46(5,44(53)57)25-41(55)51-20-18-29(19-21-51)31-12-15-36-38(23-31)50(6)45(58)52(36)37-16-17-40(54)49-43(37)56/h7-15,22-23,27-29,35,37,39,42H,16-21,24-26H2,1-6H3,(H,49,54,56)/t35-,37?,39-,42-,46-/m1/s1. The molecular weight excluding hydrogens is 838 g/mol. The molecule has 1 aromatic heterocycles. The Labute approximate surface area is 367 Å². The molecule has 15 heteroatoms. The molecule has 0 spiro atoms. The Balaban J connectivity index is 1.16. The van der Waals surface area contributed by atoms with Gasteiger partial charge in [0.25, 0.3) is 0 Å². The number of hydrogen-bond donors (Lipinski definition) is 1. The Kier molecular flexibility index (Phi) is 12.7. The lowest BCUT2D eigenvalue weighted by molar-refractivity contribution is -0.159. The Morgan fingerprint density at radius 1 is 0.852 bits per heavy atom. The van der Waals surface area contributed by atoms with E-state index in [-0.39, 0.29) is 66.2 Å². The number of halogens is 2. The number of amides is 4. The number of carbonyl (C=O) groups is 4. The van der Waals surface area contributed by atoms with E-state index in [4.69, 9.17) is 23.2 Å². The molecule has 4 heterocycles. The van der Waals surface area contributed by atoms with Crippen LogP contribution in [-0.2, 0) is 36.1 Å². The summed E-state index contributed by atoms with van der Waals surface area (Å²) in [6, 6.07) is 18.7. The molecule has 3 aliphatic heterocycles. The first kappa shape index (κ1) is 44.6. The topological polar surface area (TPSA) is 148 Å². The maximum absolute atomic E-state index is 15.3. The van der Waals surface area contributed by atoms with Gasteiger partial charge in [-0.05, 0) is 104 Å². The van der Waals surface area contributed by atoms with E-state index in [1.54, 1.807) is 44.0 Å². The number of imidazole rings is 1. The van der Waals surface area contributed by atoms with Crippen molar-refractivity contribution >= 4 is 67.7 Å². The number of likely N-dealkylation sites (tertiary alicyclic amines) is 2. The lowest BCUT2D eigenvalue weighted by atomic mass is 9.66. The van der Waals surface area contributed by atoms with Crippen LogP contribution < -0.4 is 11.0 Å². The molecule has 1 unspecified atom stereocenters. The van der Waals surface area contributed by atoms with Crippen molar-refractivity contribution in [2.24, 2.45) is 18.4 Å². The SMILES string of the molecule is CC(C)[C@@H](CS(=O)(=O)C(C)C)N1C(=O)[C@@](C)(CC(=O)N2CCC(c3ccc4c(c3)n(C)c(=O)n4C3CCC(=O)NC3=O)CC2)C[C@H](c2cccc(Cl)c2)[C@H]1c1ccc(Cl)cc1. The highest BCUT2D eigenvalue weighted by Crippen LogP contribution is 2.53. The summed E-state index contributed by atoms with van der Waals surface area (Å²) >= 11 is 13.0. The zero-order valence-corrected chi connectivity index (χ0v) is 37.9. The summed E-state index contributed by atoms with van der Waals surface area (Å²) in [5.74, 6) is -1.91. The Hall–Kier alpha value is -4.46. The van der Waals surface area contributed by atoms with Crippen molar-refractivity contribution in [3.8, 4) is 0 Å². The second-order valence-corrected chi connectivity index (χ2v) is 21.6. The van der Waals surface area contributed by atoms with Crippen molar-refractivity contribution in [3.63, 3.8) is 0 Å². The van der Waals surface area contributed by atoms with Crippen molar-refractivity contribution in [1.82, 2.24) is 24.3 Å². The van der Waals surface area contributed by atoms with Gasteiger partial charge >= 0.3 is 5.69 Å². The number of nitrogens with one attached hydrogen (secondary N) is 1. The summed E-state index contributed by atoms with van der Waals surface area (Å²) in [7, 11) is -1.93. The first-order valence-electron chi connectivity index (χ1n) is 21.2. The van der Waals surface area contributed by atoms with Gasteiger partial charge in [0.1, 0.15) is 6.04 Å². The van der Waals surface area contributed by atoms with Gasteiger partial charge in [-0.15, -0.1) is 0 Å². The zero-order chi connectivity index (χ0) is 44.1. The summed E-state index contributed by atoms with van der Waals surface area (Å²) in [6.45, 7) is 9.97. The molecule has 12 nitrogen and oxygen atoms in total. The lowest BCUT2D eigenvalue weighted by Gasteiger charge is -2.53. The number of aryl methyl sites for hydroxylation is 1. The number of nitrogens with zero attached hydrogens (tertiary/aromatic N) is 4. The third-order valence-electron chi connectivity index (χ3n) is 13.3. The predicted octanol–water partition coefficient (Wildman–Crippen LogP) is 7.33. The van der Waals surface area contributed by atoms with Gasteiger partial charge < -0.3 is 9.80 Å². The molecule has 0 bridgehead atoms. The normalized spacial score (nSPS) is 23.6. The van der Waals surface area contributed by atoms with Crippen LogP contribution in [-0.4, -0.2) is 81.1 Å². The molecule has 0 radical (unpaired) electrons. The third kappa shape index (κ3) is 8.80. The minimum absolute atomic E-state index is 0.0545. The van der Waals surface area contributed by atoms with Crippen LogP contribution in [0, 0.1) is 11.3 Å². The van der Waals surface area contributed by atoms with Gasteiger partial charge in [0.2, 0.25) is 23.6 Å². The molecule has 3 aliphatic rings. The molecule has 61 heavy (non-hydrogen) atoms. The zero-order valence-electron chi connectivity index (χ0n) is 35.6. The average molecular weight is 893 g/mol. The Morgan fingerprint density at radius 3 is 2.15 bits per heavy atom. The second-order valence-electron chi connectivity index (χ2n) is 18.1. The first-order chi connectivity index (χ1) is 28.8. The first-order valence-corrected chi connectivity index (χ1v) is 23.6. The van der Waals surface area contributed by atoms with Crippen LogP contribution in [0.5, 0.6) is 0 Å². The third-order valence-corrected chi connectivity index (χ3v) is 16.1. The van der Waals surface area contributed by atoms with Crippen molar-refractivity contribution in [3.05, 3.63) is 104 Å². The van der Waals surface area contributed by atoms with Crippen LogP contribution in [0.4, 0.5) is 0 Å². The predicted molar refractivity (Wildman–Crippen MR) is 237 cm³/mol. The number of piperidine rings is 3. The fraction of sp³-hybridized carbons (Fsp3) is 0.500. The van der Waals surface area contributed by atoms with Crippen LogP contribution in [0.2, 0.25) is 10.0 Å². The Morgan fingerprint density at radius 2 is 1.52 bits per heavy atom. The minimum atomic E-state index is -3.60. The van der Waals surface area contributed by atoms with Gasteiger partial charge in [0, 0.05) is 55.0 Å². The highest BCUT2D eigenvalue weighted by atomic mass is 35.5. The molecule has 326 valence electrons. The molecule has 1 N–H and O–H groups in total. The molecule has 4 amide bonds. The number of fused-ring (bicyclic) bond motifs is 1. The van der Waals surface area contributed by atoms with Crippen LogP contribution in [0.3, 0.4) is 0 Å². The summed E-state index contributed by atoms with van der Waals surface area (Å²) in [6.07, 6.45) is 2.03. The maximum atomic E-state index is 15.3. The molecular formula is C46H55Cl2N5O7S. The molecule has 4 aromatic rings. The average Bonchev–Trinajstić information content (AvgIpc) is 3.46. The van der Waals surface area contributed by atoms with E-state index in [9.17, 15) is 27.6 Å². The fourth-order valence-electron chi connectivity index (χ4n) is 9.71. The number of aromatic nitrogens is 2. The van der Waals surface area contributed by atoms with E-state index in [0.29, 0.717) is 53.4 Å². The van der Waals surface area contributed by atoms with Gasteiger partial charge in [0.15, 0.2) is 9.84 Å². The van der Waals surface area contributed by atoms with Crippen molar-refractivity contribution in [2.75, 3.05) is 18.8 Å². The number of sulfone groups is 1. The van der Waals surface area contributed by atoms with Crippen molar-refractivity contribution < 1.29 is 27.6 Å². The molecule has 5 atom stereocenters. The number of imide groups is 1. The molecule has 3 fully saturated rings. The smallest absolute Gasteiger partial charge is 0.329 e. The molecule has 3 saturated heterocycles. The van der Waals surface area contributed by atoms with Crippen LogP contribution >= 0.6 is 23.2 Å². The van der Waals surface area contributed by atoms with E-state index in [0.717, 1.165) is 16.7 Å². The van der Waals surface area contributed by atoms with Gasteiger partial charge in [-0.2, -0.15) is 0 Å². The van der Waals surface area contributed by atoms with Crippen LogP contribution in [0.25, 0.3) is 11.0 Å². The van der Waals surface area contributed by atoms with Gasteiger partial charge in [-0.3, -0.25) is 33.6 Å². The molecule has 0 aliphatic carbocycles. The highest BCUT2D eigenvalue weighted by molar-refractivity contribution is 7.92. The van der Waals surface area contributed by atoms with E-state index in [1.165, 1.54) is 9.13 Å². The molecule has 7 rings (SSSR count). The summed E-state index contributed by atoms with van der Waals surface area (Å²) in [4.78, 5) is 71.3. The quantitative estimate of drug-likeness (QED) is 0.155. The largest absolute Gasteiger partial charge is 0.343 e. The van der Waals surface area contributed by atoms with Gasteiger partial charge in [-0.1, -0.05) is 74.3 Å². The molecule has 3 aromatic carbocycles. The van der Waals surface area contributed by atoms with Crippen molar-refractivity contribution in [2.45, 2.75) is 108 Å². The molecule has 0 saturated carbocycles. The van der Waals surface area contributed by atoms with E-state index in [1.807, 2.05) is 74.2 Å². The van der Waals surface area contributed by atoms with Crippen molar-refractivity contribution in [1.29, 1.82) is 0 Å².